The zero-order chi connectivity index (χ0) is 21.5. The van der Waals surface area contributed by atoms with Crippen LogP contribution in [0.4, 0.5) is 5.00 Å². The number of anilines is 1. The lowest BCUT2D eigenvalue weighted by atomic mass is 10.0. The van der Waals surface area contributed by atoms with E-state index in [0.717, 1.165) is 27.3 Å². The molecule has 6 heteroatoms. The molecule has 3 rings (SSSR count). The lowest BCUT2D eigenvalue weighted by molar-refractivity contribution is -0.116. The third-order valence-corrected chi connectivity index (χ3v) is 5.71. The first kappa shape index (κ1) is 21.6. The van der Waals surface area contributed by atoms with E-state index in [-0.39, 0.29) is 5.91 Å². The summed E-state index contributed by atoms with van der Waals surface area (Å²) >= 11 is 1.38. The Labute approximate surface area is 180 Å². The first-order valence-electron chi connectivity index (χ1n) is 9.76. The van der Waals surface area contributed by atoms with Gasteiger partial charge in [0.15, 0.2) is 0 Å². The number of rotatable bonds is 8. The number of aryl methyl sites for hydroxylation is 2. The molecule has 0 spiro atoms. The van der Waals surface area contributed by atoms with Gasteiger partial charge in [0.05, 0.1) is 13.7 Å². The Morgan fingerprint density at radius 2 is 1.70 bits per heavy atom. The van der Waals surface area contributed by atoms with Crippen molar-refractivity contribution in [3.8, 4) is 16.9 Å². The van der Waals surface area contributed by atoms with E-state index >= 15 is 0 Å². The predicted molar refractivity (Wildman–Crippen MR) is 120 cm³/mol. The van der Waals surface area contributed by atoms with Crippen LogP contribution in [0.25, 0.3) is 11.1 Å². The molecule has 0 fully saturated rings. The second-order valence-electron chi connectivity index (χ2n) is 6.86. The van der Waals surface area contributed by atoms with Crippen LogP contribution in [-0.2, 0) is 9.53 Å². The third-order valence-electron chi connectivity index (χ3n) is 4.69. The molecule has 0 saturated carbocycles. The van der Waals surface area contributed by atoms with Gasteiger partial charge in [-0.1, -0.05) is 48.5 Å². The molecule has 30 heavy (non-hydrogen) atoms. The first-order valence-corrected chi connectivity index (χ1v) is 10.6. The molecule has 0 aliphatic heterocycles. The van der Waals surface area contributed by atoms with Crippen LogP contribution >= 0.6 is 11.3 Å². The van der Waals surface area contributed by atoms with E-state index < -0.39 is 5.97 Å². The molecule has 156 valence electrons. The van der Waals surface area contributed by atoms with Gasteiger partial charge in [0.2, 0.25) is 5.91 Å². The highest BCUT2D eigenvalue weighted by Crippen LogP contribution is 2.40. The highest BCUT2D eigenvalue weighted by Gasteiger charge is 2.24. The van der Waals surface area contributed by atoms with Gasteiger partial charge in [-0.25, -0.2) is 4.79 Å². The van der Waals surface area contributed by atoms with E-state index in [1.807, 2.05) is 68.4 Å². The monoisotopic (exact) mass is 423 g/mol. The number of thiophene rings is 1. The number of hydrogen-bond acceptors (Lipinski definition) is 5. The van der Waals surface area contributed by atoms with Gasteiger partial charge in [-0.15, -0.1) is 11.3 Å². The second-order valence-corrected chi connectivity index (χ2v) is 8.09. The van der Waals surface area contributed by atoms with Crippen molar-refractivity contribution in [2.24, 2.45) is 0 Å². The number of amides is 1. The summed E-state index contributed by atoms with van der Waals surface area (Å²) < 4.78 is 10.7. The maximum absolute atomic E-state index is 12.5. The highest BCUT2D eigenvalue weighted by atomic mass is 32.1. The number of carbonyl (C=O) groups is 2. The largest absolute Gasteiger partial charge is 0.493 e. The molecule has 0 aliphatic rings. The molecular weight excluding hydrogens is 398 g/mol. The van der Waals surface area contributed by atoms with Crippen LogP contribution in [0.3, 0.4) is 0 Å². The zero-order valence-corrected chi connectivity index (χ0v) is 18.2. The number of ether oxygens (including phenoxy) is 2. The maximum atomic E-state index is 12.5. The number of carbonyl (C=O) groups excluding carboxylic acids is 2. The summed E-state index contributed by atoms with van der Waals surface area (Å²) in [5, 5.41) is 3.41. The topological polar surface area (TPSA) is 64.6 Å². The van der Waals surface area contributed by atoms with Crippen LogP contribution in [0.1, 0.15) is 33.6 Å². The number of nitrogens with one attached hydrogen (secondary N) is 1. The quantitative estimate of drug-likeness (QED) is 0.377. The van der Waals surface area contributed by atoms with Crippen molar-refractivity contribution in [3.05, 3.63) is 70.6 Å². The van der Waals surface area contributed by atoms with Crippen LogP contribution in [-0.4, -0.2) is 25.6 Å². The number of para-hydroxylation sites is 1. The molecule has 0 atom stereocenters. The Morgan fingerprint density at radius 1 is 1.00 bits per heavy atom. The fourth-order valence-corrected chi connectivity index (χ4v) is 4.28. The standard InChI is InChI=1S/C24H25NO4S/c1-16-10-7-8-13-19(16)29-15-9-14-20(26)25-23-22(24(27)28-3)21(17(2)30-23)18-11-5-4-6-12-18/h4-8,10-13H,9,14-15H2,1-3H3,(H,25,26). The Bertz CT molecular complexity index is 1030. The van der Waals surface area contributed by atoms with Gasteiger partial charge in [-0.3, -0.25) is 4.79 Å². The fourth-order valence-electron chi connectivity index (χ4n) is 3.20. The zero-order valence-electron chi connectivity index (χ0n) is 17.4. The summed E-state index contributed by atoms with van der Waals surface area (Å²) in [6.07, 6.45) is 0.869. The Balaban J connectivity index is 1.67. The molecule has 1 N–H and O–H groups in total. The van der Waals surface area contributed by atoms with E-state index in [1.165, 1.54) is 18.4 Å². The number of methoxy groups -OCH3 is 1. The maximum Gasteiger partial charge on any atom is 0.341 e. The Hall–Kier alpha value is -3.12. The summed E-state index contributed by atoms with van der Waals surface area (Å²) in [4.78, 5) is 25.9. The van der Waals surface area contributed by atoms with Gasteiger partial charge < -0.3 is 14.8 Å². The first-order chi connectivity index (χ1) is 14.5. The van der Waals surface area contributed by atoms with E-state index in [9.17, 15) is 9.59 Å². The molecule has 1 aromatic heterocycles. The van der Waals surface area contributed by atoms with E-state index in [4.69, 9.17) is 9.47 Å². The van der Waals surface area contributed by atoms with Gasteiger partial charge in [0.1, 0.15) is 16.3 Å². The molecule has 3 aromatic rings. The molecular formula is C24H25NO4S. The van der Waals surface area contributed by atoms with Crippen molar-refractivity contribution >= 4 is 28.2 Å². The second kappa shape index (κ2) is 10.1. The van der Waals surface area contributed by atoms with Crippen molar-refractivity contribution in [3.63, 3.8) is 0 Å². The van der Waals surface area contributed by atoms with Crippen molar-refractivity contribution in [1.82, 2.24) is 0 Å². The molecule has 1 amide bonds. The molecule has 0 saturated heterocycles. The van der Waals surface area contributed by atoms with E-state index in [1.54, 1.807) is 0 Å². The summed E-state index contributed by atoms with van der Waals surface area (Å²) in [5.74, 6) is 0.207. The highest BCUT2D eigenvalue weighted by molar-refractivity contribution is 7.17. The minimum absolute atomic E-state index is 0.158. The number of benzene rings is 2. The molecule has 1 heterocycles. The normalized spacial score (nSPS) is 10.5. The summed E-state index contributed by atoms with van der Waals surface area (Å²) in [6.45, 7) is 4.37. The minimum Gasteiger partial charge on any atom is -0.493 e. The van der Waals surface area contributed by atoms with Crippen LogP contribution < -0.4 is 10.1 Å². The van der Waals surface area contributed by atoms with Crippen molar-refractivity contribution in [1.29, 1.82) is 0 Å². The molecule has 2 aromatic carbocycles. The summed E-state index contributed by atoms with van der Waals surface area (Å²) in [7, 11) is 1.35. The SMILES string of the molecule is COC(=O)c1c(NC(=O)CCCOc2ccccc2C)sc(C)c1-c1ccccc1. The predicted octanol–water partition coefficient (Wildman–Crippen LogP) is 5.62. The van der Waals surface area contributed by atoms with Gasteiger partial charge in [-0.2, -0.15) is 0 Å². The van der Waals surface area contributed by atoms with Gasteiger partial charge in [-0.05, 0) is 37.5 Å². The number of hydrogen-bond donors (Lipinski definition) is 1. The van der Waals surface area contributed by atoms with Crippen LogP contribution in [0, 0.1) is 13.8 Å². The molecule has 0 radical (unpaired) electrons. The molecule has 0 bridgehead atoms. The molecule has 5 nitrogen and oxygen atoms in total. The molecule has 0 aliphatic carbocycles. The van der Waals surface area contributed by atoms with Gasteiger partial charge >= 0.3 is 5.97 Å². The van der Waals surface area contributed by atoms with Gasteiger partial charge in [0.25, 0.3) is 0 Å². The Morgan fingerprint density at radius 3 is 2.40 bits per heavy atom. The van der Waals surface area contributed by atoms with Crippen molar-refractivity contribution < 1.29 is 19.1 Å². The molecule has 0 unspecified atom stereocenters. The van der Waals surface area contributed by atoms with Crippen LogP contribution in [0.15, 0.2) is 54.6 Å². The average molecular weight is 424 g/mol. The van der Waals surface area contributed by atoms with E-state index in [2.05, 4.69) is 5.32 Å². The van der Waals surface area contributed by atoms with Crippen LogP contribution in [0.5, 0.6) is 5.75 Å². The number of esters is 1. The van der Waals surface area contributed by atoms with E-state index in [0.29, 0.717) is 30.0 Å². The fraction of sp³-hybridized carbons (Fsp3) is 0.250. The van der Waals surface area contributed by atoms with Crippen LogP contribution in [0.2, 0.25) is 0 Å². The third kappa shape index (κ3) is 5.07. The lowest BCUT2D eigenvalue weighted by Gasteiger charge is -2.10. The van der Waals surface area contributed by atoms with Gasteiger partial charge in [0, 0.05) is 16.9 Å². The average Bonchev–Trinajstić information content (AvgIpc) is 3.07. The van der Waals surface area contributed by atoms with Crippen molar-refractivity contribution in [2.45, 2.75) is 26.7 Å². The lowest BCUT2D eigenvalue weighted by Crippen LogP contribution is -2.15. The van der Waals surface area contributed by atoms with Crippen molar-refractivity contribution in [2.75, 3.05) is 19.0 Å². The summed E-state index contributed by atoms with van der Waals surface area (Å²) in [6, 6.07) is 17.4. The smallest absolute Gasteiger partial charge is 0.341 e. The minimum atomic E-state index is -0.462. The Kier molecular flexibility index (Phi) is 7.25. The summed E-state index contributed by atoms with van der Waals surface area (Å²) in [5.41, 5.74) is 3.17.